The molecule has 0 spiro atoms. The van der Waals surface area contributed by atoms with Gasteiger partial charge in [-0.15, -0.1) is 0 Å². The van der Waals surface area contributed by atoms with Crippen molar-refractivity contribution in [2.45, 2.75) is 25.2 Å². The van der Waals surface area contributed by atoms with Crippen LogP contribution in [0.15, 0.2) is 23.1 Å². The van der Waals surface area contributed by atoms with Crippen molar-refractivity contribution in [1.29, 1.82) is 0 Å². The second-order valence-corrected chi connectivity index (χ2v) is 7.01. The summed E-state index contributed by atoms with van der Waals surface area (Å²) in [5.74, 6) is 0.680. The summed E-state index contributed by atoms with van der Waals surface area (Å²) < 4.78 is 32.5. The van der Waals surface area contributed by atoms with Crippen molar-refractivity contribution in [2.24, 2.45) is 0 Å². The fourth-order valence-corrected chi connectivity index (χ4v) is 3.86. The summed E-state index contributed by atoms with van der Waals surface area (Å²) in [6.07, 6.45) is 0.471. The highest BCUT2D eigenvalue weighted by molar-refractivity contribution is 7.89. The maximum atomic E-state index is 12.3. The van der Waals surface area contributed by atoms with Crippen LogP contribution in [0.25, 0.3) is 0 Å². The van der Waals surface area contributed by atoms with E-state index in [-0.39, 0.29) is 11.4 Å². The Bertz CT molecular complexity index is 752. The predicted molar refractivity (Wildman–Crippen MR) is 85.0 cm³/mol. The van der Waals surface area contributed by atoms with Gasteiger partial charge in [0.2, 0.25) is 10.0 Å². The number of nitrogens with one attached hydrogen (secondary N) is 2. The van der Waals surface area contributed by atoms with Crippen molar-refractivity contribution in [3.63, 3.8) is 0 Å². The Hall–Kier alpha value is -1.57. The Labute approximate surface area is 134 Å². The number of methoxy groups -OCH3 is 1. The third-order valence-corrected chi connectivity index (χ3v) is 5.22. The van der Waals surface area contributed by atoms with Crippen molar-refractivity contribution in [2.75, 3.05) is 13.7 Å². The van der Waals surface area contributed by atoms with E-state index < -0.39 is 10.0 Å². The van der Waals surface area contributed by atoms with E-state index in [4.69, 9.17) is 16.3 Å². The van der Waals surface area contributed by atoms with Crippen molar-refractivity contribution >= 4 is 21.6 Å². The second kappa shape index (κ2) is 6.68. The molecule has 0 saturated carbocycles. The van der Waals surface area contributed by atoms with Crippen LogP contribution in [-0.4, -0.2) is 32.3 Å². The zero-order valence-corrected chi connectivity index (χ0v) is 14.2. The Morgan fingerprint density at radius 1 is 1.36 bits per heavy atom. The third-order valence-electron chi connectivity index (χ3n) is 3.26. The summed E-state index contributed by atoms with van der Waals surface area (Å²) in [6.45, 7) is 3.57. The smallest absolute Gasteiger partial charge is 0.244 e. The molecule has 22 heavy (non-hydrogen) atoms. The zero-order valence-electron chi connectivity index (χ0n) is 12.6. The molecule has 2 N–H and O–H groups in total. The van der Waals surface area contributed by atoms with Crippen LogP contribution in [0.3, 0.4) is 0 Å². The van der Waals surface area contributed by atoms with Crippen molar-refractivity contribution in [1.82, 2.24) is 14.9 Å². The van der Waals surface area contributed by atoms with E-state index in [9.17, 15) is 8.42 Å². The molecule has 0 aliphatic rings. The molecule has 0 aliphatic carbocycles. The first kappa shape index (κ1) is 16.8. The monoisotopic (exact) mass is 343 g/mol. The molecule has 0 aliphatic heterocycles. The minimum Gasteiger partial charge on any atom is -0.496 e. The average Bonchev–Trinajstić information content (AvgIpc) is 2.79. The highest BCUT2D eigenvalue weighted by atomic mass is 35.5. The highest BCUT2D eigenvalue weighted by Gasteiger charge is 2.21. The van der Waals surface area contributed by atoms with Gasteiger partial charge in [0.05, 0.1) is 18.5 Å². The van der Waals surface area contributed by atoms with Crippen LogP contribution in [0.5, 0.6) is 5.75 Å². The molecule has 1 aromatic heterocycles. The molecule has 0 saturated heterocycles. The van der Waals surface area contributed by atoms with Crippen LogP contribution in [0.1, 0.15) is 17.0 Å². The fourth-order valence-electron chi connectivity index (χ4n) is 2.27. The largest absolute Gasteiger partial charge is 0.496 e. The molecule has 0 atom stereocenters. The number of hydrogen-bond donors (Lipinski definition) is 2. The summed E-state index contributed by atoms with van der Waals surface area (Å²) in [4.78, 5) is 0.200. The van der Waals surface area contributed by atoms with Crippen LogP contribution < -0.4 is 9.46 Å². The lowest BCUT2D eigenvalue weighted by molar-refractivity contribution is 0.409. The second-order valence-electron chi connectivity index (χ2n) is 4.87. The molecule has 0 bridgehead atoms. The number of H-pyrrole nitrogens is 1. The standard InChI is InChI=1S/C14H18ClN3O3S/c1-9-14(10(2)18-17-9)22(19,20)16-7-6-11-8-12(15)4-5-13(11)21-3/h4-5,8,16H,6-7H2,1-3H3,(H,17,18). The molecular formula is C14H18ClN3O3S. The number of halogens is 1. The quantitative estimate of drug-likeness (QED) is 0.842. The zero-order chi connectivity index (χ0) is 16.3. The molecule has 0 amide bonds. The fraction of sp³-hybridized carbons (Fsp3) is 0.357. The van der Waals surface area contributed by atoms with Crippen LogP contribution in [0, 0.1) is 13.8 Å². The van der Waals surface area contributed by atoms with Gasteiger partial charge in [-0.25, -0.2) is 13.1 Å². The van der Waals surface area contributed by atoms with E-state index in [1.54, 1.807) is 39.2 Å². The average molecular weight is 344 g/mol. The Morgan fingerprint density at radius 2 is 2.09 bits per heavy atom. The SMILES string of the molecule is COc1ccc(Cl)cc1CCNS(=O)(=O)c1c(C)n[nH]c1C. The summed E-state index contributed by atoms with van der Waals surface area (Å²) >= 11 is 5.96. The van der Waals surface area contributed by atoms with Crippen molar-refractivity contribution < 1.29 is 13.2 Å². The molecular weight excluding hydrogens is 326 g/mol. The lowest BCUT2D eigenvalue weighted by Gasteiger charge is -2.10. The van der Waals surface area contributed by atoms with Crippen LogP contribution in [0.2, 0.25) is 5.02 Å². The lowest BCUT2D eigenvalue weighted by atomic mass is 10.1. The van der Waals surface area contributed by atoms with Gasteiger partial charge in [0.25, 0.3) is 0 Å². The molecule has 0 radical (unpaired) electrons. The highest BCUT2D eigenvalue weighted by Crippen LogP contribution is 2.23. The van der Waals surface area contributed by atoms with Gasteiger partial charge in [0.15, 0.2) is 0 Å². The molecule has 6 nitrogen and oxygen atoms in total. The Morgan fingerprint density at radius 3 is 2.68 bits per heavy atom. The van der Waals surface area contributed by atoms with Gasteiger partial charge in [0.1, 0.15) is 10.6 Å². The minimum atomic E-state index is -3.60. The third kappa shape index (κ3) is 3.60. The molecule has 1 aromatic carbocycles. The normalized spacial score (nSPS) is 11.6. The van der Waals surface area contributed by atoms with E-state index in [0.717, 1.165) is 5.56 Å². The van der Waals surface area contributed by atoms with Crippen LogP contribution >= 0.6 is 11.6 Å². The minimum absolute atomic E-state index is 0.200. The molecule has 2 aromatic rings. The van der Waals surface area contributed by atoms with Gasteiger partial charge in [0, 0.05) is 11.6 Å². The van der Waals surface area contributed by atoms with Gasteiger partial charge in [-0.2, -0.15) is 5.10 Å². The summed E-state index contributed by atoms with van der Waals surface area (Å²) in [6, 6.07) is 5.26. The first-order valence-electron chi connectivity index (χ1n) is 6.69. The van der Waals surface area contributed by atoms with Gasteiger partial charge < -0.3 is 4.74 Å². The van der Waals surface area contributed by atoms with Crippen molar-refractivity contribution in [3.8, 4) is 5.75 Å². The lowest BCUT2D eigenvalue weighted by Crippen LogP contribution is -2.27. The van der Waals surface area contributed by atoms with E-state index in [2.05, 4.69) is 14.9 Å². The molecule has 2 rings (SSSR count). The number of benzene rings is 1. The van der Waals surface area contributed by atoms with Gasteiger partial charge >= 0.3 is 0 Å². The van der Waals surface area contributed by atoms with E-state index in [0.29, 0.717) is 28.6 Å². The van der Waals surface area contributed by atoms with Crippen LogP contribution in [-0.2, 0) is 16.4 Å². The van der Waals surface area contributed by atoms with E-state index in [1.807, 2.05) is 0 Å². The number of aryl methyl sites for hydroxylation is 2. The maximum Gasteiger partial charge on any atom is 0.244 e. The Balaban J connectivity index is 2.10. The number of sulfonamides is 1. The number of rotatable bonds is 6. The number of aromatic nitrogens is 2. The molecule has 0 unspecified atom stereocenters. The van der Waals surface area contributed by atoms with Crippen molar-refractivity contribution in [3.05, 3.63) is 40.2 Å². The number of nitrogens with zero attached hydrogens (tertiary/aromatic N) is 1. The predicted octanol–water partition coefficient (Wildman–Crippen LogP) is 2.21. The maximum absolute atomic E-state index is 12.3. The molecule has 8 heteroatoms. The molecule has 120 valence electrons. The van der Waals surface area contributed by atoms with Gasteiger partial charge in [-0.1, -0.05) is 11.6 Å². The first-order chi connectivity index (χ1) is 10.3. The summed E-state index contributed by atoms with van der Waals surface area (Å²) in [5.41, 5.74) is 1.81. The van der Waals surface area contributed by atoms with Gasteiger partial charge in [-0.3, -0.25) is 5.10 Å². The number of ether oxygens (including phenoxy) is 1. The number of aromatic amines is 1. The summed E-state index contributed by atoms with van der Waals surface area (Å²) in [7, 11) is -2.03. The van der Waals surface area contributed by atoms with E-state index in [1.165, 1.54) is 0 Å². The van der Waals surface area contributed by atoms with Crippen LogP contribution in [0.4, 0.5) is 0 Å². The van der Waals surface area contributed by atoms with Gasteiger partial charge in [-0.05, 0) is 44.0 Å². The topological polar surface area (TPSA) is 84.1 Å². The molecule has 0 fully saturated rings. The van der Waals surface area contributed by atoms with E-state index >= 15 is 0 Å². The first-order valence-corrected chi connectivity index (χ1v) is 8.55. The Kier molecular flexibility index (Phi) is 5.10. The summed E-state index contributed by atoms with van der Waals surface area (Å²) in [5, 5.41) is 7.16. The number of hydrogen-bond acceptors (Lipinski definition) is 4. The molecule has 1 heterocycles.